The van der Waals surface area contributed by atoms with Gasteiger partial charge in [0, 0.05) is 0 Å². The average molecular weight is 347 g/mol. The molecule has 0 aliphatic rings. The van der Waals surface area contributed by atoms with Gasteiger partial charge in [0.2, 0.25) is 16.6 Å². The van der Waals surface area contributed by atoms with E-state index in [1.807, 2.05) is 13.0 Å². The molecule has 1 aromatic rings. The lowest BCUT2D eigenvalue weighted by Gasteiger charge is -2.24. The first-order valence-corrected chi connectivity index (χ1v) is 14.4. The maximum Gasteiger partial charge on any atom is 0.242 e. The van der Waals surface area contributed by atoms with Crippen LogP contribution in [0.1, 0.15) is 22.8 Å². The van der Waals surface area contributed by atoms with Crippen molar-refractivity contribution in [3.05, 3.63) is 35.4 Å². The zero-order valence-corrected chi connectivity index (χ0v) is 17.2. The molecule has 5 heteroatoms. The summed E-state index contributed by atoms with van der Waals surface area (Å²) in [5.41, 5.74) is 2.01. The molecule has 0 spiro atoms. The molecule has 0 fully saturated rings. The summed E-state index contributed by atoms with van der Waals surface area (Å²) >= 11 is 0. The maximum atomic E-state index is 11.4. The van der Waals surface area contributed by atoms with Gasteiger partial charge in [-0.15, -0.1) is 0 Å². The molecule has 0 bridgehead atoms. The summed E-state index contributed by atoms with van der Waals surface area (Å²) in [6.45, 7) is 18.2. The molecule has 0 atom stereocenters. The van der Waals surface area contributed by atoms with Gasteiger partial charge in [-0.25, -0.2) is 0 Å². The molecule has 0 saturated carbocycles. The van der Waals surface area contributed by atoms with Gasteiger partial charge < -0.3 is 8.85 Å². The molecule has 1 rings (SSSR count). The second-order valence-electron chi connectivity index (χ2n) is 7.46. The Hall–Kier alpha value is -1.78. The fraction of sp³-hybridized carbons (Fsp3) is 0.389. The lowest BCUT2D eigenvalue weighted by molar-refractivity contribution is 0.112. The van der Waals surface area contributed by atoms with Gasteiger partial charge in [-0.2, -0.15) is 0 Å². The van der Waals surface area contributed by atoms with Crippen LogP contribution in [-0.4, -0.2) is 22.9 Å². The molecule has 0 aliphatic carbocycles. The van der Waals surface area contributed by atoms with Crippen molar-refractivity contribution >= 4 is 22.9 Å². The molecule has 0 unspecified atom stereocenters. The summed E-state index contributed by atoms with van der Waals surface area (Å²) in [6.07, 6.45) is 0.808. The van der Waals surface area contributed by atoms with Gasteiger partial charge in [-0.05, 0) is 63.9 Å². The van der Waals surface area contributed by atoms with Crippen molar-refractivity contribution in [1.82, 2.24) is 0 Å². The number of hydrogen-bond acceptors (Lipinski definition) is 3. The number of aldehydes is 1. The number of benzene rings is 1. The molecular weight excluding hydrogens is 320 g/mol. The Bertz CT molecular complexity index is 668. The summed E-state index contributed by atoms with van der Waals surface area (Å²) < 4.78 is 12.1. The minimum Gasteiger partial charge on any atom is -0.544 e. The van der Waals surface area contributed by atoms with Crippen LogP contribution in [0.15, 0.2) is 24.3 Å². The number of carbonyl (C=O) groups is 1. The van der Waals surface area contributed by atoms with Crippen molar-refractivity contribution in [2.75, 3.05) is 0 Å². The topological polar surface area (TPSA) is 35.5 Å². The predicted molar refractivity (Wildman–Crippen MR) is 101 cm³/mol. The van der Waals surface area contributed by atoms with E-state index in [1.165, 1.54) is 0 Å². The Morgan fingerprint density at radius 1 is 1.04 bits per heavy atom. The van der Waals surface area contributed by atoms with Crippen molar-refractivity contribution in [3.8, 4) is 23.3 Å². The predicted octanol–water partition coefficient (Wildman–Crippen LogP) is 4.85. The van der Waals surface area contributed by atoms with E-state index >= 15 is 0 Å². The molecule has 23 heavy (non-hydrogen) atoms. The van der Waals surface area contributed by atoms with Crippen LogP contribution in [0.4, 0.5) is 0 Å². The normalized spacial score (nSPS) is 11.3. The number of carbonyl (C=O) groups excluding carboxylic acids is 1. The van der Waals surface area contributed by atoms with Crippen LogP contribution in [0, 0.1) is 11.8 Å². The molecule has 0 saturated heterocycles. The van der Waals surface area contributed by atoms with E-state index in [0.717, 1.165) is 17.4 Å². The smallest absolute Gasteiger partial charge is 0.242 e. The standard InChI is InChI=1S/C18H26O3Si2/c1-14(2)9-10-15-11-18(21-23(6,7)8)16(13-19)12-17(15)20-22(3,4)5/h11-13H,1H2,2-8H3. The maximum absolute atomic E-state index is 11.4. The Balaban J connectivity index is 3.48. The van der Waals surface area contributed by atoms with Crippen molar-refractivity contribution < 1.29 is 13.6 Å². The number of rotatable bonds is 5. The number of hydrogen-bond donors (Lipinski definition) is 0. The van der Waals surface area contributed by atoms with Gasteiger partial charge in [0.15, 0.2) is 6.29 Å². The van der Waals surface area contributed by atoms with Gasteiger partial charge in [0.1, 0.15) is 11.5 Å². The molecule has 0 aliphatic heterocycles. The Kier molecular flexibility index (Phi) is 6.03. The van der Waals surface area contributed by atoms with Gasteiger partial charge in [0.25, 0.3) is 0 Å². The second-order valence-corrected chi connectivity index (χ2v) is 16.3. The fourth-order valence-electron chi connectivity index (χ4n) is 1.77. The van der Waals surface area contributed by atoms with Crippen molar-refractivity contribution in [3.63, 3.8) is 0 Å². The first-order valence-electron chi connectivity index (χ1n) is 7.60. The van der Waals surface area contributed by atoms with E-state index in [0.29, 0.717) is 17.1 Å². The average Bonchev–Trinajstić information content (AvgIpc) is 2.34. The highest BCUT2D eigenvalue weighted by molar-refractivity contribution is 6.70. The molecule has 124 valence electrons. The van der Waals surface area contributed by atoms with E-state index in [9.17, 15) is 4.79 Å². The van der Waals surface area contributed by atoms with E-state index < -0.39 is 16.6 Å². The zero-order valence-electron chi connectivity index (χ0n) is 15.2. The molecule has 0 N–H and O–H groups in total. The van der Waals surface area contributed by atoms with Gasteiger partial charge in [0.05, 0.1) is 11.1 Å². The summed E-state index contributed by atoms with van der Waals surface area (Å²) in [4.78, 5) is 11.4. The fourth-order valence-corrected chi connectivity index (χ4v) is 3.44. The van der Waals surface area contributed by atoms with Gasteiger partial charge in [-0.3, -0.25) is 4.79 Å². The van der Waals surface area contributed by atoms with E-state index in [1.54, 1.807) is 6.07 Å². The lowest BCUT2D eigenvalue weighted by Crippen LogP contribution is -2.31. The summed E-state index contributed by atoms with van der Waals surface area (Å²) in [5.74, 6) is 7.27. The van der Waals surface area contributed by atoms with Gasteiger partial charge in [-0.1, -0.05) is 18.4 Å². The monoisotopic (exact) mass is 346 g/mol. The highest BCUT2D eigenvalue weighted by Gasteiger charge is 2.22. The molecule has 3 nitrogen and oxygen atoms in total. The van der Waals surface area contributed by atoms with Crippen molar-refractivity contribution in [1.29, 1.82) is 0 Å². The largest absolute Gasteiger partial charge is 0.544 e. The molecule has 0 aromatic heterocycles. The van der Waals surface area contributed by atoms with E-state index in [-0.39, 0.29) is 0 Å². The van der Waals surface area contributed by atoms with Crippen LogP contribution < -0.4 is 8.85 Å². The highest BCUT2D eigenvalue weighted by atomic mass is 28.4. The van der Waals surface area contributed by atoms with E-state index in [4.69, 9.17) is 8.85 Å². The zero-order chi connectivity index (χ0) is 17.8. The van der Waals surface area contributed by atoms with Crippen LogP contribution in [0.3, 0.4) is 0 Å². The second kappa shape index (κ2) is 7.20. The third-order valence-electron chi connectivity index (χ3n) is 2.48. The minimum atomic E-state index is -1.83. The third-order valence-corrected chi connectivity index (χ3v) is 4.15. The van der Waals surface area contributed by atoms with Crippen molar-refractivity contribution in [2.24, 2.45) is 0 Å². The summed E-state index contributed by atoms with van der Waals surface area (Å²) in [5, 5.41) is 0. The Labute approximate surface area is 142 Å². The van der Waals surface area contributed by atoms with Crippen LogP contribution in [0.2, 0.25) is 39.3 Å². The summed E-state index contributed by atoms with van der Waals surface area (Å²) in [7, 11) is -3.66. The highest BCUT2D eigenvalue weighted by Crippen LogP contribution is 2.31. The van der Waals surface area contributed by atoms with Crippen molar-refractivity contribution in [2.45, 2.75) is 46.2 Å². The molecule has 0 heterocycles. The molecule has 0 radical (unpaired) electrons. The summed E-state index contributed by atoms with van der Waals surface area (Å²) in [6, 6.07) is 3.55. The lowest BCUT2D eigenvalue weighted by atomic mass is 10.1. The van der Waals surface area contributed by atoms with Crippen LogP contribution in [0.25, 0.3) is 0 Å². The third kappa shape index (κ3) is 6.89. The van der Waals surface area contributed by atoms with Gasteiger partial charge >= 0.3 is 0 Å². The SMILES string of the molecule is C=C(C)C#Cc1cc(O[Si](C)(C)C)c(C=O)cc1O[Si](C)(C)C. The van der Waals surface area contributed by atoms with Crippen LogP contribution in [-0.2, 0) is 0 Å². The minimum absolute atomic E-state index is 0.501. The molecule has 1 aromatic carbocycles. The van der Waals surface area contributed by atoms with E-state index in [2.05, 4.69) is 57.7 Å². The first kappa shape index (κ1) is 19.3. The quantitative estimate of drug-likeness (QED) is 0.434. The molecule has 0 amide bonds. The number of allylic oxidation sites excluding steroid dienone is 1. The Morgan fingerprint density at radius 2 is 1.57 bits per heavy atom. The molecular formula is C18H26O3Si2. The first-order chi connectivity index (χ1) is 10.4. The van der Waals surface area contributed by atoms with Crippen LogP contribution in [0.5, 0.6) is 11.5 Å². The Morgan fingerprint density at radius 3 is 2.00 bits per heavy atom. The van der Waals surface area contributed by atoms with Crippen LogP contribution >= 0.6 is 0 Å².